The summed E-state index contributed by atoms with van der Waals surface area (Å²) in [7, 11) is 1.60. The van der Waals surface area contributed by atoms with Gasteiger partial charge in [0.25, 0.3) is 5.91 Å². The Labute approximate surface area is 200 Å². The molecular weight excluding hydrogens is 453 g/mol. The Balaban J connectivity index is 1.51. The van der Waals surface area contributed by atoms with Crippen molar-refractivity contribution in [3.8, 4) is 11.3 Å². The highest BCUT2D eigenvalue weighted by atomic mass is 19.1. The number of hydrogen-bond acceptors (Lipinski definition) is 7. The SMILES string of the molecule is Cc1ncc(C)c(-c2cnn(C)c2C(=O)Nc2cc(NC(=O)OCc3ccccc3)ncc2F)n1. The molecule has 4 aromatic rings. The molecule has 10 nitrogen and oxygen atoms in total. The molecule has 3 aromatic heterocycles. The van der Waals surface area contributed by atoms with E-state index < -0.39 is 17.8 Å². The monoisotopic (exact) mass is 475 g/mol. The van der Waals surface area contributed by atoms with Crippen LogP contribution >= 0.6 is 0 Å². The lowest BCUT2D eigenvalue weighted by molar-refractivity contribution is 0.101. The summed E-state index contributed by atoms with van der Waals surface area (Å²) in [6.07, 6.45) is 3.30. The molecule has 178 valence electrons. The molecule has 0 fully saturated rings. The predicted molar refractivity (Wildman–Crippen MR) is 126 cm³/mol. The van der Waals surface area contributed by atoms with Crippen LogP contribution in [-0.2, 0) is 18.4 Å². The lowest BCUT2D eigenvalue weighted by Gasteiger charge is -2.11. The smallest absolute Gasteiger partial charge is 0.413 e. The van der Waals surface area contributed by atoms with Gasteiger partial charge in [0.15, 0.2) is 5.82 Å². The minimum atomic E-state index is -0.778. The number of pyridine rings is 1. The van der Waals surface area contributed by atoms with Crippen LogP contribution in [0, 0.1) is 19.7 Å². The van der Waals surface area contributed by atoms with Crippen LogP contribution in [0.2, 0.25) is 0 Å². The second kappa shape index (κ2) is 10.1. The zero-order valence-corrected chi connectivity index (χ0v) is 19.2. The number of aryl methyl sites for hydroxylation is 3. The number of carbonyl (C=O) groups is 2. The maximum absolute atomic E-state index is 14.5. The average molecular weight is 475 g/mol. The standard InChI is InChI=1S/C24H22FN7O3/c1-14-10-26-15(2)29-21(14)17-11-28-32(3)22(17)23(33)30-19-9-20(27-12-18(19)25)31-24(34)35-13-16-7-5-4-6-8-16/h4-12H,13H2,1-3H3,(H2,27,30,31,33,34). The number of ether oxygens (including phenoxy) is 1. The fraction of sp³-hybridized carbons (Fsp3) is 0.167. The van der Waals surface area contributed by atoms with Gasteiger partial charge in [0.1, 0.15) is 23.9 Å². The molecule has 2 amide bonds. The summed E-state index contributed by atoms with van der Waals surface area (Å²) in [4.78, 5) is 37.6. The number of nitrogens with zero attached hydrogens (tertiary/aromatic N) is 5. The van der Waals surface area contributed by atoms with Crippen molar-refractivity contribution in [3.05, 3.63) is 83.5 Å². The molecule has 4 rings (SSSR count). The highest BCUT2D eigenvalue weighted by molar-refractivity contribution is 6.07. The number of halogens is 1. The maximum atomic E-state index is 14.5. The third-order valence-corrected chi connectivity index (χ3v) is 5.05. The molecule has 0 bridgehead atoms. The normalized spacial score (nSPS) is 10.6. The van der Waals surface area contributed by atoms with Crippen molar-refractivity contribution in [1.82, 2.24) is 24.7 Å². The summed E-state index contributed by atoms with van der Waals surface area (Å²) in [6, 6.07) is 10.3. The van der Waals surface area contributed by atoms with Gasteiger partial charge in [0.05, 0.1) is 29.3 Å². The van der Waals surface area contributed by atoms with E-state index in [1.165, 1.54) is 16.9 Å². The molecule has 0 saturated heterocycles. The average Bonchev–Trinajstić information content (AvgIpc) is 3.23. The first-order valence-corrected chi connectivity index (χ1v) is 10.6. The topological polar surface area (TPSA) is 124 Å². The lowest BCUT2D eigenvalue weighted by atomic mass is 10.1. The van der Waals surface area contributed by atoms with Gasteiger partial charge in [-0.2, -0.15) is 5.10 Å². The molecule has 11 heteroatoms. The van der Waals surface area contributed by atoms with E-state index in [0.29, 0.717) is 17.1 Å². The highest BCUT2D eigenvalue weighted by Crippen LogP contribution is 2.26. The van der Waals surface area contributed by atoms with Gasteiger partial charge in [-0.3, -0.25) is 14.8 Å². The van der Waals surface area contributed by atoms with Crippen LogP contribution in [0.15, 0.2) is 55.0 Å². The van der Waals surface area contributed by atoms with Crippen molar-refractivity contribution in [2.75, 3.05) is 10.6 Å². The van der Waals surface area contributed by atoms with E-state index in [2.05, 4.69) is 30.7 Å². The number of nitrogens with one attached hydrogen (secondary N) is 2. The van der Waals surface area contributed by atoms with Crippen molar-refractivity contribution < 1.29 is 18.7 Å². The Morgan fingerprint density at radius 2 is 1.83 bits per heavy atom. The molecule has 0 aliphatic carbocycles. The Morgan fingerprint density at radius 1 is 1.06 bits per heavy atom. The predicted octanol–water partition coefficient (Wildman–Crippen LogP) is 4.03. The van der Waals surface area contributed by atoms with Crippen LogP contribution in [0.25, 0.3) is 11.3 Å². The third kappa shape index (κ3) is 5.46. The minimum absolute atomic E-state index is 0.00672. The first kappa shape index (κ1) is 23.5. The Bertz CT molecular complexity index is 1390. The Hall–Kier alpha value is -4.67. The third-order valence-electron chi connectivity index (χ3n) is 5.05. The van der Waals surface area contributed by atoms with Crippen molar-refractivity contribution in [3.63, 3.8) is 0 Å². The summed E-state index contributed by atoms with van der Waals surface area (Å²) in [5, 5.41) is 9.11. The molecule has 0 radical (unpaired) electrons. The fourth-order valence-corrected chi connectivity index (χ4v) is 3.33. The summed E-state index contributed by atoms with van der Waals surface area (Å²) in [6.45, 7) is 3.62. The van der Waals surface area contributed by atoms with Gasteiger partial charge in [-0.05, 0) is 25.0 Å². The van der Waals surface area contributed by atoms with E-state index >= 15 is 0 Å². The minimum Gasteiger partial charge on any atom is -0.444 e. The molecule has 0 spiro atoms. The summed E-state index contributed by atoms with van der Waals surface area (Å²) in [5.74, 6) is -0.846. The van der Waals surface area contributed by atoms with Crippen LogP contribution in [0.3, 0.4) is 0 Å². The van der Waals surface area contributed by atoms with Crippen molar-refractivity contribution in [2.24, 2.45) is 7.05 Å². The molecule has 35 heavy (non-hydrogen) atoms. The molecule has 0 saturated carbocycles. The summed E-state index contributed by atoms with van der Waals surface area (Å²) >= 11 is 0. The molecule has 0 aliphatic heterocycles. The van der Waals surface area contributed by atoms with Gasteiger partial charge in [-0.25, -0.2) is 24.1 Å². The lowest BCUT2D eigenvalue weighted by Crippen LogP contribution is -2.19. The molecular formula is C24H22FN7O3. The second-order valence-electron chi connectivity index (χ2n) is 7.67. The number of anilines is 2. The van der Waals surface area contributed by atoms with Crippen molar-refractivity contribution in [1.29, 1.82) is 0 Å². The first-order chi connectivity index (χ1) is 16.8. The molecule has 3 heterocycles. The van der Waals surface area contributed by atoms with Gasteiger partial charge in [-0.1, -0.05) is 30.3 Å². The molecule has 1 aromatic carbocycles. The second-order valence-corrected chi connectivity index (χ2v) is 7.67. The van der Waals surface area contributed by atoms with Gasteiger partial charge < -0.3 is 10.1 Å². The van der Waals surface area contributed by atoms with Gasteiger partial charge >= 0.3 is 6.09 Å². The largest absolute Gasteiger partial charge is 0.444 e. The van der Waals surface area contributed by atoms with E-state index in [0.717, 1.165) is 17.3 Å². The number of amides is 2. The Morgan fingerprint density at radius 3 is 2.60 bits per heavy atom. The van der Waals surface area contributed by atoms with E-state index in [4.69, 9.17) is 4.74 Å². The zero-order chi connectivity index (χ0) is 24.9. The van der Waals surface area contributed by atoms with Gasteiger partial charge in [-0.15, -0.1) is 0 Å². The molecule has 0 unspecified atom stereocenters. The van der Waals surface area contributed by atoms with Crippen LogP contribution in [0.4, 0.5) is 20.7 Å². The van der Waals surface area contributed by atoms with Crippen molar-refractivity contribution in [2.45, 2.75) is 20.5 Å². The molecule has 2 N–H and O–H groups in total. The van der Waals surface area contributed by atoms with Crippen LogP contribution in [0.5, 0.6) is 0 Å². The Kier molecular flexibility index (Phi) is 6.76. The fourth-order valence-electron chi connectivity index (χ4n) is 3.33. The van der Waals surface area contributed by atoms with Crippen LogP contribution in [0.1, 0.15) is 27.4 Å². The van der Waals surface area contributed by atoms with Crippen molar-refractivity contribution >= 4 is 23.5 Å². The quantitative estimate of drug-likeness (QED) is 0.431. The maximum Gasteiger partial charge on any atom is 0.413 e. The molecule has 0 aliphatic rings. The first-order valence-electron chi connectivity index (χ1n) is 10.6. The number of hydrogen-bond donors (Lipinski definition) is 2. The van der Waals surface area contributed by atoms with Crippen LogP contribution in [-0.4, -0.2) is 36.7 Å². The number of carbonyl (C=O) groups excluding carboxylic acids is 2. The number of benzene rings is 1. The van der Waals surface area contributed by atoms with E-state index in [-0.39, 0.29) is 23.8 Å². The summed E-state index contributed by atoms with van der Waals surface area (Å²) < 4.78 is 21.0. The van der Waals surface area contributed by atoms with Gasteiger partial charge in [0, 0.05) is 19.3 Å². The van der Waals surface area contributed by atoms with Gasteiger partial charge in [0.2, 0.25) is 0 Å². The van der Waals surface area contributed by atoms with E-state index in [9.17, 15) is 14.0 Å². The highest BCUT2D eigenvalue weighted by Gasteiger charge is 2.22. The number of aromatic nitrogens is 5. The van der Waals surface area contributed by atoms with E-state index in [1.807, 2.05) is 37.3 Å². The number of rotatable bonds is 6. The zero-order valence-electron chi connectivity index (χ0n) is 19.2. The summed E-state index contributed by atoms with van der Waals surface area (Å²) in [5.41, 5.74) is 2.60. The van der Waals surface area contributed by atoms with E-state index in [1.54, 1.807) is 20.2 Å². The molecule has 0 atom stereocenters. The van der Waals surface area contributed by atoms with Crippen LogP contribution < -0.4 is 10.6 Å².